The molecule has 0 spiro atoms. The molecule has 0 unspecified atom stereocenters. The number of unbranched alkanes of at least 4 members (excludes halogenated alkanes) is 1. The molecule has 0 aliphatic carbocycles. The first-order valence-corrected chi connectivity index (χ1v) is 4.59. The zero-order chi connectivity index (χ0) is 12.8. The van der Waals surface area contributed by atoms with E-state index in [1.807, 2.05) is 0 Å². The Hall–Kier alpha value is -0.500. The Labute approximate surface area is 89.0 Å². The SMILES string of the molecule is CNCCCCOC(C(F)(F)F)C(F)(F)F. The zero-order valence-corrected chi connectivity index (χ0v) is 8.58. The molecule has 8 heteroatoms. The van der Waals surface area contributed by atoms with Crippen molar-refractivity contribution < 1.29 is 31.1 Å². The molecule has 0 aromatic heterocycles. The van der Waals surface area contributed by atoms with E-state index in [0.29, 0.717) is 13.0 Å². The summed E-state index contributed by atoms with van der Waals surface area (Å²) in [5, 5.41) is 2.72. The number of nitrogens with one attached hydrogen (secondary N) is 1. The van der Waals surface area contributed by atoms with Crippen molar-refractivity contribution in [2.24, 2.45) is 0 Å². The van der Waals surface area contributed by atoms with Crippen molar-refractivity contribution >= 4 is 0 Å². The maximum absolute atomic E-state index is 11.9. The van der Waals surface area contributed by atoms with Gasteiger partial charge in [-0.25, -0.2) is 0 Å². The van der Waals surface area contributed by atoms with Crippen molar-refractivity contribution in [3.63, 3.8) is 0 Å². The van der Waals surface area contributed by atoms with Crippen LogP contribution in [0.2, 0.25) is 0 Å². The van der Waals surface area contributed by atoms with Crippen molar-refractivity contribution in [2.75, 3.05) is 20.2 Å². The van der Waals surface area contributed by atoms with Crippen LogP contribution in [0.5, 0.6) is 0 Å². The fraction of sp³-hybridized carbons (Fsp3) is 1.00. The van der Waals surface area contributed by atoms with E-state index >= 15 is 0 Å². The molecule has 0 aliphatic heterocycles. The summed E-state index contributed by atoms with van der Waals surface area (Å²) in [6, 6.07) is 0. The molecular weight excluding hydrogens is 240 g/mol. The van der Waals surface area contributed by atoms with E-state index in [4.69, 9.17) is 0 Å². The van der Waals surface area contributed by atoms with Gasteiger partial charge in [0.2, 0.25) is 6.10 Å². The average molecular weight is 253 g/mol. The van der Waals surface area contributed by atoms with Crippen LogP contribution in [0, 0.1) is 0 Å². The van der Waals surface area contributed by atoms with E-state index in [1.165, 1.54) is 0 Å². The molecule has 98 valence electrons. The second-order valence-corrected chi connectivity index (χ2v) is 3.14. The van der Waals surface area contributed by atoms with Crippen LogP contribution in [0.15, 0.2) is 0 Å². The normalized spacial score (nSPS) is 13.5. The largest absolute Gasteiger partial charge is 0.423 e. The Kier molecular flexibility index (Phi) is 6.09. The summed E-state index contributed by atoms with van der Waals surface area (Å²) in [6.07, 6.45) is -13.9. The number of hydrogen-bond acceptors (Lipinski definition) is 2. The van der Waals surface area contributed by atoms with E-state index in [1.54, 1.807) is 7.05 Å². The Morgan fingerprint density at radius 1 is 1.00 bits per heavy atom. The van der Waals surface area contributed by atoms with Crippen LogP contribution in [0.4, 0.5) is 26.3 Å². The highest BCUT2D eigenvalue weighted by atomic mass is 19.4. The Morgan fingerprint density at radius 2 is 1.50 bits per heavy atom. The second kappa shape index (κ2) is 6.29. The van der Waals surface area contributed by atoms with Crippen molar-refractivity contribution in [3.05, 3.63) is 0 Å². The molecule has 0 atom stereocenters. The van der Waals surface area contributed by atoms with Gasteiger partial charge in [-0.15, -0.1) is 0 Å². The minimum absolute atomic E-state index is 0.142. The molecule has 0 heterocycles. The number of alkyl halides is 6. The first-order valence-electron chi connectivity index (χ1n) is 4.59. The van der Waals surface area contributed by atoms with E-state index < -0.39 is 25.1 Å². The van der Waals surface area contributed by atoms with Crippen LogP contribution in [0.3, 0.4) is 0 Å². The second-order valence-electron chi connectivity index (χ2n) is 3.14. The van der Waals surface area contributed by atoms with Gasteiger partial charge in [-0.3, -0.25) is 0 Å². The molecule has 0 fully saturated rings. The lowest BCUT2D eigenvalue weighted by Crippen LogP contribution is -2.44. The average Bonchev–Trinajstić information content (AvgIpc) is 2.06. The Balaban J connectivity index is 4.06. The molecule has 0 rings (SSSR count). The number of hydrogen-bond donors (Lipinski definition) is 1. The molecule has 16 heavy (non-hydrogen) atoms. The molecule has 1 N–H and O–H groups in total. The third-order valence-corrected chi connectivity index (χ3v) is 1.70. The van der Waals surface area contributed by atoms with Crippen LogP contribution >= 0.6 is 0 Å². The first kappa shape index (κ1) is 15.5. The van der Waals surface area contributed by atoms with Gasteiger partial charge in [0.25, 0.3) is 0 Å². The molecule has 0 aromatic rings. The predicted molar refractivity (Wildman–Crippen MR) is 45.0 cm³/mol. The van der Waals surface area contributed by atoms with Crippen LogP contribution < -0.4 is 5.32 Å². The minimum Gasteiger partial charge on any atom is -0.361 e. The summed E-state index contributed by atoms with van der Waals surface area (Å²) in [5.41, 5.74) is 0. The Morgan fingerprint density at radius 3 is 1.88 bits per heavy atom. The van der Waals surface area contributed by atoms with Crippen molar-refractivity contribution in [3.8, 4) is 0 Å². The van der Waals surface area contributed by atoms with Crippen LogP contribution in [0.25, 0.3) is 0 Å². The van der Waals surface area contributed by atoms with Gasteiger partial charge in [-0.2, -0.15) is 26.3 Å². The molecule has 0 amide bonds. The van der Waals surface area contributed by atoms with E-state index in [-0.39, 0.29) is 6.42 Å². The van der Waals surface area contributed by atoms with Crippen LogP contribution in [0.1, 0.15) is 12.8 Å². The third-order valence-electron chi connectivity index (χ3n) is 1.70. The molecule has 0 bridgehead atoms. The summed E-state index contributed by atoms with van der Waals surface area (Å²) in [7, 11) is 1.63. The standard InChI is InChI=1S/C8H13F6NO/c1-15-4-2-3-5-16-6(7(9,10)11)8(12,13)14/h6,15H,2-5H2,1H3. The monoisotopic (exact) mass is 253 g/mol. The summed E-state index contributed by atoms with van der Waals surface area (Å²) in [5.74, 6) is 0. The molecule has 0 saturated carbocycles. The van der Waals surface area contributed by atoms with Gasteiger partial charge in [0.1, 0.15) is 0 Å². The van der Waals surface area contributed by atoms with Gasteiger partial charge in [-0.1, -0.05) is 0 Å². The maximum atomic E-state index is 11.9. The van der Waals surface area contributed by atoms with Gasteiger partial charge in [-0.05, 0) is 26.4 Å². The third kappa shape index (κ3) is 6.16. The fourth-order valence-electron chi connectivity index (χ4n) is 0.980. The highest BCUT2D eigenvalue weighted by molar-refractivity contribution is 4.75. The van der Waals surface area contributed by atoms with Gasteiger partial charge < -0.3 is 10.1 Å². The predicted octanol–water partition coefficient (Wildman–Crippen LogP) is 2.50. The lowest BCUT2D eigenvalue weighted by Gasteiger charge is -2.23. The topological polar surface area (TPSA) is 21.3 Å². The summed E-state index contributed by atoms with van der Waals surface area (Å²) < 4.78 is 75.4. The van der Waals surface area contributed by atoms with Crippen LogP contribution in [-0.4, -0.2) is 38.7 Å². The zero-order valence-electron chi connectivity index (χ0n) is 8.58. The lowest BCUT2D eigenvalue weighted by atomic mass is 10.3. The molecule has 0 saturated heterocycles. The number of ether oxygens (including phenoxy) is 1. The van der Waals surface area contributed by atoms with Crippen molar-refractivity contribution in [1.29, 1.82) is 0 Å². The van der Waals surface area contributed by atoms with Gasteiger partial charge in [0, 0.05) is 6.61 Å². The molecular formula is C8H13F6NO. The minimum atomic E-state index is -5.42. The molecule has 0 radical (unpaired) electrons. The smallest absolute Gasteiger partial charge is 0.361 e. The summed E-state index contributed by atoms with van der Waals surface area (Å²) in [6.45, 7) is -0.0442. The molecule has 0 aromatic carbocycles. The molecule has 2 nitrogen and oxygen atoms in total. The summed E-state index contributed by atoms with van der Waals surface area (Å²) >= 11 is 0. The highest BCUT2D eigenvalue weighted by Crippen LogP contribution is 2.35. The van der Waals surface area contributed by atoms with E-state index in [9.17, 15) is 26.3 Å². The van der Waals surface area contributed by atoms with Crippen molar-refractivity contribution in [1.82, 2.24) is 5.32 Å². The highest BCUT2D eigenvalue weighted by Gasteiger charge is 2.57. The fourth-order valence-corrected chi connectivity index (χ4v) is 0.980. The van der Waals surface area contributed by atoms with Crippen molar-refractivity contribution in [2.45, 2.75) is 31.3 Å². The van der Waals surface area contributed by atoms with Crippen LogP contribution in [-0.2, 0) is 4.74 Å². The maximum Gasteiger partial charge on any atom is 0.423 e. The lowest BCUT2D eigenvalue weighted by molar-refractivity contribution is -0.321. The van der Waals surface area contributed by atoms with E-state index in [0.717, 1.165) is 0 Å². The van der Waals surface area contributed by atoms with Gasteiger partial charge >= 0.3 is 12.4 Å². The number of halogens is 6. The molecule has 0 aliphatic rings. The summed E-state index contributed by atoms with van der Waals surface area (Å²) in [4.78, 5) is 0. The van der Waals surface area contributed by atoms with Gasteiger partial charge in [0.05, 0.1) is 0 Å². The first-order chi connectivity index (χ1) is 7.19. The van der Waals surface area contributed by atoms with E-state index in [2.05, 4.69) is 10.1 Å². The quantitative estimate of drug-likeness (QED) is 0.580. The Bertz CT molecular complexity index is 176. The number of rotatable bonds is 6. The van der Waals surface area contributed by atoms with Gasteiger partial charge in [0.15, 0.2) is 0 Å².